The van der Waals surface area contributed by atoms with Crippen LogP contribution in [0.5, 0.6) is 0 Å². The van der Waals surface area contributed by atoms with Gasteiger partial charge < -0.3 is 62.5 Å². The van der Waals surface area contributed by atoms with Crippen LogP contribution in [-0.2, 0) is 101 Å². The maximum Gasteiger partial charge on any atom is 0.366 e. The van der Waals surface area contributed by atoms with E-state index in [-0.39, 0.29) is 26.4 Å². The Bertz CT molecular complexity index is 2060. The van der Waals surface area contributed by atoms with Crippen molar-refractivity contribution >= 4 is 35.8 Å². The monoisotopic (exact) mass is 923 g/mol. The van der Waals surface area contributed by atoms with Gasteiger partial charge in [-0.05, 0) is 16.7 Å². The molecule has 2 fully saturated rings. The number of hydrogen-bond donors (Lipinski definition) is 2. The molecular weight excluding hydrogens is 867 g/mol. The molecule has 3 aromatic carbocycles. The molecule has 19 nitrogen and oxygen atoms in total. The number of hydrogen-bond acceptors (Lipinski definition) is 18. The Balaban J connectivity index is 1.65. The van der Waals surface area contributed by atoms with Gasteiger partial charge in [-0.1, -0.05) is 91.0 Å². The molecule has 66 heavy (non-hydrogen) atoms. The molecule has 19 heteroatoms. The third-order valence-corrected chi connectivity index (χ3v) is 10.4. The number of nitrogens with one attached hydrogen (secondary N) is 1. The molecule has 0 saturated carbocycles. The molecule has 2 aliphatic rings. The fourth-order valence-electron chi connectivity index (χ4n) is 7.60. The summed E-state index contributed by atoms with van der Waals surface area (Å²) in [5, 5.41) is 15.0. The lowest BCUT2D eigenvalue weighted by atomic mass is 9.87. The molecular formula is C47H57NO18. The van der Waals surface area contributed by atoms with Crippen LogP contribution in [0.2, 0.25) is 0 Å². The van der Waals surface area contributed by atoms with Gasteiger partial charge in [-0.15, -0.1) is 0 Å². The zero-order valence-electron chi connectivity index (χ0n) is 37.6. The molecule has 0 bridgehead atoms. The van der Waals surface area contributed by atoms with Crippen molar-refractivity contribution in [2.75, 3.05) is 20.3 Å². The third-order valence-electron chi connectivity index (χ3n) is 10.4. The van der Waals surface area contributed by atoms with Crippen molar-refractivity contribution in [1.29, 1.82) is 0 Å². The van der Waals surface area contributed by atoms with E-state index in [4.69, 9.17) is 52.1 Å². The van der Waals surface area contributed by atoms with Crippen molar-refractivity contribution in [2.24, 2.45) is 0 Å². The molecule has 0 spiro atoms. The summed E-state index contributed by atoms with van der Waals surface area (Å²) in [6.45, 7) is 4.49. The van der Waals surface area contributed by atoms with Gasteiger partial charge in [0.2, 0.25) is 5.91 Å². The van der Waals surface area contributed by atoms with E-state index in [0.717, 1.165) is 52.9 Å². The lowest BCUT2D eigenvalue weighted by molar-refractivity contribution is -0.376. The Labute approximate surface area is 382 Å². The van der Waals surface area contributed by atoms with Gasteiger partial charge in [0.05, 0.1) is 46.0 Å². The molecule has 0 aromatic heterocycles. The second-order valence-corrected chi connectivity index (χ2v) is 15.6. The first-order chi connectivity index (χ1) is 31.6. The maximum atomic E-state index is 14.5. The van der Waals surface area contributed by atoms with Gasteiger partial charge in [-0.3, -0.25) is 24.0 Å². The van der Waals surface area contributed by atoms with Crippen molar-refractivity contribution in [1.82, 2.24) is 5.32 Å². The summed E-state index contributed by atoms with van der Waals surface area (Å²) in [6.07, 6.45) is -14.8. The van der Waals surface area contributed by atoms with Crippen LogP contribution in [0.1, 0.15) is 57.7 Å². The highest BCUT2D eigenvalue weighted by molar-refractivity contribution is 5.79. The van der Waals surface area contributed by atoms with Gasteiger partial charge in [-0.2, -0.15) is 0 Å². The van der Waals surface area contributed by atoms with Crippen LogP contribution >= 0.6 is 0 Å². The number of aliphatic hydroxyl groups is 1. The van der Waals surface area contributed by atoms with Crippen molar-refractivity contribution in [3.63, 3.8) is 0 Å². The molecule has 11 atom stereocenters. The Morgan fingerprint density at radius 2 is 1.29 bits per heavy atom. The first-order valence-electron chi connectivity index (χ1n) is 21.2. The molecule has 1 amide bonds. The molecule has 2 saturated heterocycles. The predicted octanol–water partition coefficient (Wildman–Crippen LogP) is 3.00. The van der Waals surface area contributed by atoms with Crippen molar-refractivity contribution in [3.05, 3.63) is 108 Å². The van der Waals surface area contributed by atoms with Crippen LogP contribution in [0, 0.1) is 0 Å². The van der Waals surface area contributed by atoms with Gasteiger partial charge in [-0.25, -0.2) is 4.79 Å². The quantitative estimate of drug-likeness (QED) is 0.115. The number of aliphatic hydroxyl groups excluding tert-OH is 1. The molecule has 3 aromatic rings. The molecule has 0 radical (unpaired) electrons. The summed E-state index contributed by atoms with van der Waals surface area (Å²) >= 11 is 0. The summed E-state index contributed by atoms with van der Waals surface area (Å²) in [4.78, 5) is 77.7. The first kappa shape index (κ1) is 51.2. The second-order valence-electron chi connectivity index (χ2n) is 15.6. The summed E-state index contributed by atoms with van der Waals surface area (Å²) in [7, 11) is 1.02. The summed E-state index contributed by atoms with van der Waals surface area (Å²) in [6, 6.07) is 26.0. The molecule has 0 aliphatic carbocycles. The minimum atomic E-state index is -2.73. The van der Waals surface area contributed by atoms with Gasteiger partial charge in [0.1, 0.15) is 43.2 Å². The number of benzene rings is 3. The van der Waals surface area contributed by atoms with E-state index >= 15 is 0 Å². The molecule has 0 unspecified atom stereocenters. The fourth-order valence-corrected chi connectivity index (χ4v) is 7.60. The number of rotatable bonds is 21. The standard InChI is InChI=1S/C47H57NO18/c1-28(49)48-39-36(61-30(3)51)22-47(46(55)56-6,65-42(39)41(63-32(5)53)38(62-31(4)52)27-58-29(2)50)66-43-40(54)37(26-57-23-33-16-10-7-11-17-33)64-45(60-25-35-20-14-9-15-21-35)44(43)59-24-34-18-12-8-13-19-34/h7-21,36-45,54H,22-27H2,1-6H3,(H,48,49)/t36-,37+,38+,39+,40-,41+,42+,43-,44+,45+,47+/m0/s1. The molecule has 358 valence electrons. The van der Waals surface area contributed by atoms with Gasteiger partial charge >= 0.3 is 29.8 Å². The number of methoxy groups -OCH3 is 1. The average molecular weight is 924 g/mol. The van der Waals surface area contributed by atoms with Crippen molar-refractivity contribution < 1.29 is 86.0 Å². The topological polar surface area (TPSA) is 236 Å². The highest BCUT2D eigenvalue weighted by Crippen LogP contribution is 2.41. The van der Waals surface area contributed by atoms with Crippen LogP contribution in [-0.4, -0.2) is 128 Å². The highest BCUT2D eigenvalue weighted by atomic mass is 16.8. The van der Waals surface area contributed by atoms with Gasteiger partial charge in [0.15, 0.2) is 18.5 Å². The smallest absolute Gasteiger partial charge is 0.366 e. The number of ether oxygens (including phenoxy) is 11. The first-order valence-corrected chi connectivity index (χ1v) is 21.2. The lowest BCUT2D eigenvalue weighted by Gasteiger charge is -2.51. The summed E-state index contributed by atoms with van der Waals surface area (Å²) in [5.74, 6) is -8.21. The number of esters is 5. The summed E-state index contributed by atoms with van der Waals surface area (Å²) in [5.41, 5.74) is 2.30. The number of amides is 1. The Morgan fingerprint density at radius 1 is 0.727 bits per heavy atom. The zero-order valence-corrected chi connectivity index (χ0v) is 37.6. The van der Waals surface area contributed by atoms with Crippen LogP contribution in [0.4, 0.5) is 0 Å². The van der Waals surface area contributed by atoms with E-state index in [9.17, 15) is 33.9 Å². The van der Waals surface area contributed by atoms with E-state index in [0.29, 0.717) is 5.56 Å². The van der Waals surface area contributed by atoms with Crippen molar-refractivity contribution in [3.8, 4) is 0 Å². The van der Waals surface area contributed by atoms with E-state index in [1.54, 1.807) is 24.3 Å². The van der Waals surface area contributed by atoms with Crippen LogP contribution < -0.4 is 5.32 Å². The minimum absolute atomic E-state index is 0.00527. The maximum absolute atomic E-state index is 14.5. The van der Waals surface area contributed by atoms with Gasteiger partial charge in [0, 0.05) is 34.6 Å². The third kappa shape index (κ3) is 14.6. The number of carbonyl (C=O) groups excluding carboxylic acids is 6. The highest BCUT2D eigenvalue weighted by Gasteiger charge is 2.62. The predicted molar refractivity (Wildman–Crippen MR) is 227 cm³/mol. The van der Waals surface area contributed by atoms with E-state index in [2.05, 4.69) is 5.32 Å². The van der Waals surface area contributed by atoms with Crippen LogP contribution in [0.25, 0.3) is 0 Å². The second kappa shape index (κ2) is 24.6. The Morgan fingerprint density at radius 3 is 1.80 bits per heavy atom. The minimum Gasteiger partial charge on any atom is -0.465 e. The Kier molecular flexibility index (Phi) is 19.1. The normalized spacial score (nSPS) is 25.9. The van der Waals surface area contributed by atoms with Crippen LogP contribution in [0.3, 0.4) is 0 Å². The average Bonchev–Trinajstić information content (AvgIpc) is 3.28. The van der Waals surface area contributed by atoms with Crippen molar-refractivity contribution in [2.45, 2.75) is 128 Å². The van der Waals surface area contributed by atoms with E-state index < -0.39 is 116 Å². The summed E-state index contributed by atoms with van der Waals surface area (Å²) < 4.78 is 66.2. The molecule has 2 aliphatic heterocycles. The molecule has 2 heterocycles. The lowest BCUT2D eigenvalue weighted by Crippen LogP contribution is -2.71. The van der Waals surface area contributed by atoms with E-state index in [1.165, 1.54) is 0 Å². The Hall–Kier alpha value is -5.80. The fraction of sp³-hybridized carbons (Fsp3) is 0.489. The van der Waals surface area contributed by atoms with Gasteiger partial charge in [0.25, 0.3) is 5.79 Å². The molecule has 2 N–H and O–H groups in total. The van der Waals surface area contributed by atoms with E-state index in [1.807, 2.05) is 66.7 Å². The molecule has 5 rings (SSSR count). The zero-order chi connectivity index (χ0) is 47.8. The largest absolute Gasteiger partial charge is 0.465 e. The SMILES string of the molecule is COC(=O)[C@]1(O[C@H]2[C@@H](O)[C@@H](COCc3ccccc3)O[C@@H](OCc3ccccc3)[C@@H]2OCc2ccccc2)C[C@H](OC(C)=O)[C@@H](NC(C)=O)[C@H]([C@H](OC(C)=O)[C@@H](COC(C)=O)OC(C)=O)O1. The van der Waals surface area contributed by atoms with Crippen LogP contribution in [0.15, 0.2) is 91.0 Å². The number of carbonyl (C=O) groups is 6.